The minimum atomic E-state index is 0.445. The Morgan fingerprint density at radius 2 is 1.75 bits per heavy atom. The quantitative estimate of drug-likeness (QED) is 0.843. The molecule has 1 unspecified atom stereocenters. The summed E-state index contributed by atoms with van der Waals surface area (Å²) < 4.78 is 0. The third kappa shape index (κ3) is 5.08. The topological polar surface area (TPSA) is 15.3 Å². The van der Waals surface area contributed by atoms with Gasteiger partial charge in [0.05, 0.1) is 0 Å². The highest BCUT2D eigenvalue weighted by atomic mass is 35.5. The van der Waals surface area contributed by atoms with Crippen LogP contribution in [0.4, 0.5) is 0 Å². The van der Waals surface area contributed by atoms with Crippen LogP contribution in [-0.2, 0) is 0 Å². The van der Waals surface area contributed by atoms with Crippen molar-refractivity contribution in [1.29, 1.82) is 0 Å². The number of hydrogen-bond acceptors (Lipinski definition) is 2. The zero-order chi connectivity index (χ0) is 14.2. The van der Waals surface area contributed by atoms with Crippen LogP contribution >= 0.6 is 11.6 Å². The molecule has 1 atom stereocenters. The maximum atomic E-state index is 5.98. The average molecular weight is 295 g/mol. The fourth-order valence-electron chi connectivity index (χ4n) is 3.00. The van der Waals surface area contributed by atoms with Gasteiger partial charge in [-0.2, -0.15) is 0 Å². The fraction of sp³-hybridized carbons (Fsp3) is 0.647. The van der Waals surface area contributed by atoms with Crippen molar-refractivity contribution in [2.45, 2.75) is 45.1 Å². The third-order valence-corrected chi connectivity index (χ3v) is 4.41. The second-order valence-corrected chi connectivity index (χ2v) is 6.14. The lowest BCUT2D eigenvalue weighted by Crippen LogP contribution is -2.30. The molecule has 1 aromatic carbocycles. The Balaban J connectivity index is 1.89. The van der Waals surface area contributed by atoms with Crippen LogP contribution in [0.15, 0.2) is 24.3 Å². The van der Waals surface area contributed by atoms with Crippen molar-refractivity contribution in [3.05, 3.63) is 34.9 Å². The van der Waals surface area contributed by atoms with Crippen molar-refractivity contribution in [2.24, 2.45) is 0 Å². The Labute approximate surface area is 128 Å². The molecule has 0 spiro atoms. The van der Waals surface area contributed by atoms with E-state index in [1.807, 2.05) is 12.1 Å². The standard InChI is InChI=1S/C17H27ClN2/c1-2-19-17(15-7-9-16(18)10-8-15)11-14-20-12-5-3-4-6-13-20/h7-10,17,19H,2-6,11-14H2,1H3. The summed E-state index contributed by atoms with van der Waals surface area (Å²) in [7, 11) is 0. The summed E-state index contributed by atoms with van der Waals surface area (Å²) in [5, 5.41) is 4.42. The first-order chi connectivity index (χ1) is 9.79. The van der Waals surface area contributed by atoms with Gasteiger partial charge in [0.15, 0.2) is 0 Å². The molecule has 0 amide bonds. The zero-order valence-electron chi connectivity index (χ0n) is 12.6. The normalized spacial score (nSPS) is 18.7. The van der Waals surface area contributed by atoms with Gasteiger partial charge in [0, 0.05) is 11.1 Å². The number of hydrogen-bond donors (Lipinski definition) is 1. The van der Waals surface area contributed by atoms with Crippen LogP contribution in [0.25, 0.3) is 0 Å². The van der Waals surface area contributed by atoms with Gasteiger partial charge in [0.2, 0.25) is 0 Å². The van der Waals surface area contributed by atoms with Crippen molar-refractivity contribution in [3.63, 3.8) is 0 Å². The van der Waals surface area contributed by atoms with E-state index < -0.39 is 0 Å². The van der Waals surface area contributed by atoms with Gasteiger partial charge in [-0.25, -0.2) is 0 Å². The molecule has 112 valence electrons. The summed E-state index contributed by atoms with van der Waals surface area (Å²) in [6.07, 6.45) is 6.73. The van der Waals surface area contributed by atoms with Crippen LogP contribution in [0, 0.1) is 0 Å². The van der Waals surface area contributed by atoms with E-state index >= 15 is 0 Å². The molecule has 0 aromatic heterocycles. The van der Waals surface area contributed by atoms with Crippen LogP contribution in [0.1, 0.15) is 50.6 Å². The summed E-state index contributed by atoms with van der Waals surface area (Å²) in [6.45, 7) is 6.93. The van der Waals surface area contributed by atoms with E-state index in [4.69, 9.17) is 11.6 Å². The third-order valence-electron chi connectivity index (χ3n) is 4.16. The number of rotatable bonds is 6. The molecule has 2 rings (SSSR count). The first-order valence-electron chi connectivity index (χ1n) is 8.01. The molecule has 0 saturated carbocycles. The second-order valence-electron chi connectivity index (χ2n) is 5.71. The van der Waals surface area contributed by atoms with Crippen LogP contribution in [-0.4, -0.2) is 31.1 Å². The van der Waals surface area contributed by atoms with Crippen molar-refractivity contribution in [2.75, 3.05) is 26.2 Å². The smallest absolute Gasteiger partial charge is 0.0406 e. The van der Waals surface area contributed by atoms with Gasteiger partial charge < -0.3 is 10.2 Å². The lowest BCUT2D eigenvalue weighted by Gasteiger charge is -2.24. The fourth-order valence-corrected chi connectivity index (χ4v) is 3.13. The van der Waals surface area contributed by atoms with E-state index in [0.717, 1.165) is 11.6 Å². The number of likely N-dealkylation sites (tertiary alicyclic amines) is 1. The molecule has 1 aromatic rings. The minimum Gasteiger partial charge on any atom is -0.310 e. The molecule has 1 aliphatic heterocycles. The number of nitrogens with one attached hydrogen (secondary N) is 1. The Morgan fingerprint density at radius 1 is 1.10 bits per heavy atom. The van der Waals surface area contributed by atoms with Crippen molar-refractivity contribution < 1.29 is 0 Å². The van der Waals surface area contributed by atoms with Crippen LogP contribution in [0.5, 0.6) is 0 Å². The van der Waals surface area contributed by atoms with E-state index in [1.165, 1.54) is 57.3 Å². The molecule has 2 nitrogen and oxygen atoms in total. The maximum absolute atomic E-state index is 5.98. The summed E-state index contributed by atoms with van der Waals surface area (Å²) in [5.74, 6) is 0. The molecular weight excluding hydrogens is 268 g/mol. The van der Waals surface area contributed by atoms with Gasteiger partial charge in [-0.05, 0) is 63.1 Å². The van der Waals surface area contributed by atoms with Crippen molar-refractivity contribution >= 4 is 11.6 Å². The van der Waals surface area contributed by atoms with Crippen LogP contribution < -0.4 is 5.32 Å². The first-order valence-corrected chi connectivity index (χ1v) is 8.38. The van der Waals surface area contributed by atoms with E-state index in [9.17, 15) is 0 Å². The predicted octanol–water partition coefficient (Wildman–Crippen LogP) is 4.26. The van der Waals surface area contributed by atoms with Gasteiger partial charge in [-0.1, -0.05) is 43.5 Å². The summed E-state index contributed by atoms with van der Waals surface area (Å²) >= 11 is 5.98. The summed E-state index contributed by atoms with van der Waals surface area (Å²) in [6, 6.07) is 8.73. The van der Waals surface area contributed by atoms with E-state index in [0.29, 0.717) is 6.04 Å². The first kappa shape index (κ1) is 15.8. The predicted molar refractivity (Wildman–Crippen MR) is 87.4 cm³/mol. The second kappa shape index (κ2) is 8.66. The lowest BCUT2D eigenvalue weighted by atomic mass is 10.0. The molecule has 3 heteroatoms. The Bertz CT molecular complexity index is 369. The Morgan fingerprint density at radius 3 is 2.35 bits per heavy atom. The number of nitrogens with zero attached hydrogens (tertiary/aromatic N) is 1. The molecule has 1 fully saturated rings. The molecule has 0 aliphatic carbocycles. The molecule has 20 heavy (non-hydrogen) atoms. The largest absolute Gasteiger partial charge is 0.310 e. The van der Waals surface area contributed by atoms with E-state index in [-0.39, 0.29) is 0 Å². The van der Waals surface area contributed by atoms with Crippen LogP contribution in [0.2, 0.25) is 5.02 Å². The molecule has 0 bridgehead atoms. The van der Waals surface area contributed by atoms with E-state index in [1.54, 1.807) is 0 Å². The maximum Gasteiger partial charge on any atom is 0.0406 e. The highest BCUT2D eigenvalue weighted by Crippen LogP contribution is 2.20. The van der Waals surface area contributed by atoms with Gasteiger partial charge in [0.1, 0.15) is 0 Å². The zero-order valence-corrected chi connectivity index (χ0v) is 13.3. The molecule has 1 heterocycles. The Hall–Kier alpha value is -0.570. The summed E-state index contributed by atoms with van der Waals surface area (Å²) in [5.41, 5.74) is 1.35. The van der Waals surface area contributed by atoms with Crippen molar-refractivity contribution in [3.8, 4) is 0 Å². The van der Waals surface area contributed by atoms with Crippen LogP contribution in [0.3, 0.4) is 0 Å². The molecule has 1 N–H and O–H groups in total. The highest BCUT2D eigenvalue weighted by Gasteiger charge is 2.14. The van der Waals surface area contributed by atoms with Gasteiger partial charge >= 0.3 is 0 Å². The molecule has 1 saturated heterocycles. The average Bonchev–Trinajstić information content (AvgIpc) is 2.73. The minimum absolute atomic E-state index is 0.445. The van der Waals surface area contributed by atoms with Gasteiger partial charge in [-0.15, -0.1) is 0 Å². The molecule has 1 aliphatic rings. The number of halogens is 1. The van der Waals surface area contributed by atoms with Gasteiger partial charge in [0.25, 0.3) is 0 Å². The van der Waals surface area contributed by atoms with Gasteiger partial charge in [-0.3, -0.25) is 0 Å². The summed E-state index contributed by atoms with van der Waals surface area (Å²) in [4.78, 5) is 2.63. The Kier molecular flexibility index (Phi) is 6.85. The SMILES string of the molecule is CCNC(CCN1CCCCCC1)c1ccc(Cl)cc1. The van der Waals surface area contributed by atoms with E-state index in [2.05, 4.69) is 29.3 Å². The molecular formula is C17H27ClN2. The highest BCUT2D eigenvalue weighted by molar-refractivity contribution is 6.30. The lowest BCUT2D eigenvalue weighted by molar-refractivity contribution is 0.266. The number of benzene rings is 1. The van der Waals surface area contributed by atoms with Crippen molar-refractivity contribution in [1.82, 2.24) is 10.2 Å². The monoisotopic (exact) mass is 294 g/mol. The molecule has 0 radical (unpaired) electrons.